The summed E-state index contributed by atoms with van der Waals surface area (Å²) in [6, 6.07) is 16.7. The molecule has 0 saturated carbocycles. The molecule has 1 aromatic heterocycles. The standard InChI is InChI=1S/C22H17F2N3O2/c23-16-8-4-7-14(9-16)20-17-10-15(11-18(24)21(17)27-26-20)22(29)25-19(12-28)13-5-2-1-3-6-13/h1-11,19,28H,12H2,(H,25,29)(H,26,27)/t19-/m1/s1. The van der Waals surface area contributed by atoms with E-state index in [2.05, 4.69) is 15.5 Å². The molecule has 1 heterocycles. The molecule has 4 aromatic rings. The van der Waals surface area contributed by atoms with Crippen molar-refractivity contribution in [2.45, 2.75) is 6.04 Å². The number of carbonyl (C=O) groups excluding carboxylic acids is 1. The van der Waals surface area contributed by atoms with Gasteiger partial charge in [0.1, 0.15) is 22.8 Å². The van der Waals surface area contributed by atoms with Crippen molar-refractivity contribution in [2.24, 2.45) is 0 Å². The maximum Gasteiger partial charge on any atom is 0.251 e. The first-order valence-electron chi connectivity index (χ1n) is 8.97. The molecule has 29 heavy (non-hydrogen) atoms. The highest BCUT2D eigenvalue weighted by molar-refractivity contribution is 6.01. The third kappa shape index (κ3) is 3.72. The number of aromatic nitrogens is 2. The molecule has 1 atom stereocenters. The van der Waals surface area contributed by atoms with Gasteiger partial charge in [-0.25, -0.2) is 8.78 Å². The van der Waals surface area contributed by atoms with Crippen molar-refractivity contribution >= 4 is 16.8 Å². The number of halogens is 2. The molecule has 0 spiro atoms. The van der Waals surface area contributed by atoms with E-state index in [1.807, 2.05) is 6.07 Å². The van der Waals surface area contributed by atoms with E-state index < -0.39 is 23.6 Å². The molecule has 3 aromatic carbocycles. The number of nitrogens with zero attached hydrogens (tertiary/aromatic N) is 1. The molecule has 0 aliphatic carbocycles. The van der Waals surface area contributed by atoms with Crippen LogP contribution in [0.4, 0.5) is 8.78 Å². The summed E-state index contributed by atoms with van der Waals surface area (Å²) in [7, 11) is 0. The Hall–Kier alpha value is -3.58. The second-order valence-corrected chi connectivity index (χ2v) is 6.58. The fourth-order valence-corrected chi connectivity index (χ4v) is 3.23. The van der Waals surface area contributed by atoms with Gasteiger partial charge in [-0.3, -0.25) is 9.89 Å². The number of H-pyrrole nitrogens is 1. The van der Waals surface area contributed by atoms with Crippen LogP contribution in [0.2, 0.25) is 0 Å². The summed E-state index contributed by atoms with van der Waals surface area (Å²) in [5.74, 6) is -1.63. The van der Waals surface area contributed by atoms with Crippen LogP contribution >= 0.6 is 0 Å². The zero-order chi connectivity index (χ0) is 20.4. The van der Waals surface area contributed by atoms with Gasteiger partial charge < -0.3 is 10.4 Å². The smallest absolute Gasteiger partial charge is 0.251 e. The SMILES string of the molecule is O=C(N[C@H](CO)c1ccccc1)c1cc(F)c2[nH]nc(-c3cccc(F)c3)c2c1. The van der Waals surface area contributed by atoms with Crippen LogP contribution in [0.3, 0.4) is 0 Å². The van der Waals surface area contributed by atoms with Gasteiger partial charge in [0.25, 0.3) is 5.91 Å². The number of hydrogen-bond acceptors (Lipinski definition) is 3. The molecule has 0 aliphatic heterocycles. The largest absolute Gasteiger partial charge is 0.394 e. The number of rotatable bonds is 5. The van der Waals surface area contributed by atoms with E-state index in [-0.39, 0.29) is 17.7 Å². The summed E-state index contributed by atoms with van der Waals surface area (Å²) in [6.07, 6.45) is 0. The number of hydrogen-bond donors (Lipinski definition) is 3. The summed E-state index contributed by atoms with van der Waals surface area (Å²) in [5, 5.41) is 19.4. The fraction of sp³-hybridized carbons (Fsp3) is 0.0909. The maximum atomic E-state index is 14.6. The zero-order valence-corrected chi connectivity index (χ0v) is 15.2. The van der Waals surface area contributed by atoms with Gasteiger partial charge in [-0.15, -0.1) is 0 Å². The topological polar surface area (TPSA) is 78.0 Å². The third-order valence-electron chi connectivity index (χ3n) is 4.67. The number of benzene rings is 3. The Bertz CT molecular complexity index is 1180. The molecule has 7 heteroatoms. The number of carbonyl (C=O) groups is 1. The monoisotopic (exact) mass is 393 g/mol. The van der Waals surface area contributed by atoms with E-state index in [1.54, 1.807) is 30.3 Å². The van der Waals surface area contributed by atoms with E-state index in [0.717, 1.165) is 11.6 Å². The summed E-state index contributed by atoms with van der Waals surface area (Å²) in [6.45, 7) is -0.305. The van der Waals surface area contributed by atoms with Gasteiger partial charge >= 0.3 is 0 Å². The lowest BCUT2D eigenvalue weighted by atomic mass is 10.0. The molecule has 0 bridgehead atoms. The van der Waals surface area contributed by atoms with Crippen molar-refractivity contribution in [3.63, 3.8) is 0 Å². The maximum absolute atomic E-state index is 14.6. The van der Waals surface area contributed by atoms with Crippen molar-refractivity contribution in [3.05, 3.63) is 89.5 Å². The number of amides is 1. The van der Waals surface area contributed by atoms with E-state index in [1.165, 1.54) is 24.3 Å². The van der Waals surface area contributed by atoms with Crippen LogP contribution in [-0.4, -0.2) is 27.8 Å². The minimum Gasteiger partial charge on any atom is -0.394 e. The van der Waals surface area contributed by atoms with Gasteiger partial charge in [-0.2, -0.15) is 5.10 Å². The number of aliphatic hydroxyl groups is 1. The lowest BCUT2D eigenvalue weighted by Gasteiger charge is -2.17. The van der Waals surface area contributed by atoms with Crippen LogP contribution in [0, 0.1) is 11.6 Å². The average Bonchev–Trinajstić information content (AvgIpc) is 3.17. The molecular formula is C22H17F2N3O2. The van der Waals surface area contributed by atoms with E-state index in [9.17, 15) is 18.7 Å². The van der Waals surface area contributed by atoms with Gasteiger partial charge in [-0.1, -0.05) is 42.5 Å². The minimum absolute atomic E-state index is 0.0726. The van der Waals surface area contributed by atoms with E-state index >= 15 is 0 Å². The summed E-state index contributed by atoms with van der Waals surface area (Å²) in [5.41, 5.74) is 1.74. The number of aliphatic hydroxyl groups excluding tert-OH is 1. The van der Waals surface area contributed by atoms with Crippen molar-refractivity contribution < 1.29 is 18.7 Å². The Morgan fingerprint density at radius 2 is 1.86 bits per heavy atom. The molecule has 146 valence electrons. The van der Waals surface area contributed by atoms with Gasteiger partial charge in [0.05, 0.1) is 12.6 Å². The number of aromatic amines is 1. The van der Waals surface area contributed by atoms with Crippen molar-refractivity contribution in [3.8, 4) is 11.3 Å². The van der Waals surface area contributed by atoms with Crippen LogP contribution in [0.25, 0.3) is 22.2 Å². The normalized spacial score (nSPS) is 12.1. The Labute approximate surface area is 165 Å². The van der Waals surface area contributed by atoms with Crippen molar-refractivity contribution in [2.75, 3.05) is 6.61 Å². The average molecular weight is 393 g/mol. The zero-order valence-electron chi connectivity index (χ0n) is 15.2. The molecular weight excluding hydrogens is 376 g/mol. The summed E-state index contributed by atoms with van der Waals surface area (Å²) < 4.78 is 28.2. The molecule has 0 fully saturated rings. The first-order chi connectivity index (χ1) is 14.1. The lowest BCUT2D eigenvalue weighted by Crippen LogP contribution is -2.30. The summed E-state index contributed by atoms with van der Waals surface area (Å²) >= 11 is 0. The Kier molecular flexibility index (Phi) is 5.05. The van der Waals surface area contributed by atoms with Crippen molar-refractivity contribution in [1.29, 1.82) is 0 Å². The highest BCUT2D eigenvalue weighted by atomic mass is 19.1. The molecule has 3 N–H and O–H groups in total. The van der Waals surface area contributed by atoms with Crippen LogP contribution in [0.5, 0.6) is 0 Å². The second kappa shape index (κ2) is 7.81. The molecule has 0 unspecified atom stereocenters. The molecule has 5 nitrogen and oxygen atoms in total. The minimum atomic E-state index is -0.650. The summed E-state index contributed by atoms with van der Waals surface area (Å²) in [4.78, 5) is 12.7. The predicted octanol–water partition coefficient (Wildman–Crippen LogP) is 3.97. The van der Waals surface area contributed by atoms with Crippen LogP contribution in [0.1, 0.15) is 22.0 Å². The van der Waals surface area contributed by atoms with Crippen LogP contribution in [-0.2, 0) is 0 Å². The number of fused-ring (bicyclic) bond motifs is 1. The van der Waals surface area contributed by atoms with Gasteiger partial charge in [0.2, 0.25) is 0 Å². The fourth-order valence-electron chi connectivity index (χ4n) is 3.23. The Balaban J connectivity index is 1.71. The Morgan fingerprint density at radius 1 is 1.07 bits per heavy atom. The van der Waals surface area contributed by atoms with Gasteiger partial charge in [0, 0.05) is 16.5 Å². The first kappa shape index (κ1) is 18.8. The highest BCUT2D eigenvalue weighted by Gasteiger charge is 2.19. The Morgan fingerprint density at radius 3 is 2.59 bits per heavy atom. The molecule has 4 rings (SSSR count). The molecule has 0 radical (unpaired) electrons. The van der Waals surface area contributed by atoms with Gasteiger partial charge in [-0.05, 0) is 29.8 Å². The van der Waals surface area contributed by atoms with Crippen LogP contribution in [0.15, 0.2) is 66.7 Å². The third-order valence-corrected chi connectivity index (χ3v) is 4.67. The predicted molar refractivity (Wildman–Crippen MR) is 105 cm³/mol. The van der Waals surface area contributed by atoms with E-state index in [0.29, 0.717) is 16.6 Å². The number of nitrogens with one attached hydrogen (secondary N) is 2. The molecule has 0 aliphatic rings. The van der Waals surface area contributed by atoms with E-state index in [4.69, 9.17) is 0 Å². The van der Waals surface area contributed by atoms with Gasteiger partial charge in [0.15, 0.2) is 0 Å². The second-order valence-electron chi connectivity index (χ2n) is 6.58. The molecule has 0 saturated heterocycles. The molecule has 1 amide bonds. The highest BCUT2D eigenvalue weighted by Crippen LogP contribution is 2.29. The first-order valence-corrected chi connectivity index (χ1v) is 8.97. The van der Waals surface area contributed by atoms with Crippen LogP contribution < -0.4 is 5.32 Å². The van der Waals surface area contributed by atoms with Crippen molar-refractivity contribution in [1.82, 2.24) is 15.5 Å². The lowest BCUT2D eigenvalue weighted by molar-refractivity contribution is 0.0916. The quantitative estimate of drug-likeness (QED) is 0.480.